The summed E-state index contributed by atoms with van der Waals surface area (Å²) in [6.07, 6.45) is 0.147. The van der Waals surface area contributed by atoms with E-state index in [9.17, 15) is 18.0 Å². The van der Waals surface area contributed by atoms with E-state index in [1.807, 2.05) is 64.1 Å². The van der Waals surface area contributed by atoms with Crippen LogP contribution in [0.1, 0.15) is 41.7 Å². The van der Waals surface area contributed by atoms with Gasteiger partial charge in [-0.05, 0) is 70.0 Å². The van der Waals surface area contributed by atoms with Gasteiger partial charge in [-0.2, -0.15) is 0 Å². The van der Waals surface area contributed by atoms with Crippen LogP contribution in [0.25, 0.3) is 0 Å². The first-order chi connectivity index (χ1) is 21.4. The van der Waals surface area contributed by atoms with Gasteiger partial charge in [-0.15, -0.1) is 0 Å². The standard InChI is InChI=1S/C36H40FN3O4S/c1-25(2)38-36(42)34(22-29-11-7-6-8-12-29)39(23-30-13-9-10-14-32(30)37)35(41)24-40(33-20-17-27(4)21-28(33)5)45(43,44)31-18-15-26(3)16-19-31/h6-21,25,34H,22-24H2,1-5H3,(H,38,42)/t34-/m0/s1. The predicted octanol–water partition coefficient (Wildman–Crippen LogP) is 6.11. The second-order valence-electron chi connectivity index (χ2n) is 11.6. The van der Waals surface area contributed by atoms with Gasteiger partial charge in [0.1, 0.15) is 18.4 Å². The fraction of sp³-hybridized carbons (Fsp3) is 0.278. The van der Waals surface area contributed by atoms with Crippen molar-refractivity contribution in [1.82, 2.24) is 10.2 Å². The molecule has 1 atom stereocenters. The minimum absolute atomic E-state index is 0.0277. The maximum atomic E-state index is 15.0. The number of benzene rings is 4. The average molecular weight is 630 g/mol. The van der Waals surface area contributed by atoms with Gasteiger partial charge in [0.2, 0.25) is 11.8 Å². The molecule has 0 aromatic heterocycles. The lowest BCUT2D eigenvalue weighted by Crippen LogP contribution is -2.54. The van der Waals surface area contributed by atoms with Crippen molar-refractivity contribution in [2.45, 2.75) is 64.6 Å². The van der Waals surface area contributed by atoms with E-state index >= 15 is 4.39 Å². The van der Waals surface area contributed by atoms with E-state index in [2.05, 4.69) is 5.32 Å². The molecule has 4 aromatic carbocycles. The number of nitrogens with zero attached hydrogens (tertiary/aromatic N) is 2. The highest BCUT2D eigenvalue weighted by atomic mass is 32.2. The third-order valence-corrected chi connectivity index (χ3v) is 9.28. The summed E-state index contributed by atoms with van der Waals surface area (Å²) in [5.74, 6) is -1.59. The number of nitrogens with one attached hydrogen (secondary N) is 1. The van der Waals surface area contributed by atoms with Crippen LogP contribution in [0.15, 0.2) is 102 Å². The monoisotopic (exact) mass is 629 g/mol. The maximum Gasteiger partial charge on any atom is 0.264 e. The number of aryl methyl sites for hydroxylation is 3. The number of carbonyl (C=O) groups is 2. The van der Waals surface area contributed by atoms with Gasteiger partial charge in [0, 0.05) is 24.6 Å². The number of hydrogen-bond donors (Lipinski definition) is 1. The van der Waals surface area contributed by atoms with Crippen LogP contribution in [-0.2, 0) is 32.6 Å². The Kier molecular flexibility index (Phi) is 10.8. The Hall–Kier alpha value is -4.50. The largest absolute Gasteiger partial charge is 0.352 e. The van der Waals surface area contributed by atoms with Gasteiger partial charge >= 0.3 is 0 Å². The van der Waals surface area contributed by atoms with Crippen LogP contribution in [0.4, 0.5) is 10.1 Å². The molecule has 0 fully saturated rings. The van der Waals surface area contributed by atoms with Crippen LogP contribution in [0.3, 0.4) is 0 Å². The summed E-state index contributed by atoms with van der Waals surface area (Å²) < 4.78 is 44.5. The molecule has 0 unspecified atom stereocenters. The van der Waals surface area contributed by atoms with Crippen LogP contribution in [-0.4, -0.2) is 43.8 Å². The van der Waals surface area contributed by atoms with Crippen LogP contribution in [0.2, 0.25) is 0 Å². The average Bonchev–Trinajstić information content (AvgIpc) is 2.99. The Balaban J connectivity index is 1.84. The van der Waals surface area contributed by atoms with Crippen molar-refractivity contribution in [1.29, 1.82) is 0 Å². The highest BCUT2D eigenvalue weighted by Gasteiger charge is 2.35. The first-order valence-electron chi connectivity index (χ1n) is 14.9. The number of carbonyl (C=O) groups excluding carboxylic acids is 2. The molecular weight excluding hydrogens is 589 g/mol. The highest BCUT2D eigenvalue weighted by Crippen LogP contribution is 2.29. The zero-order chi connectivity index (χ0) is 32.7. The van der Waals surface area contributed by atoms with E-state index in [1.54, 1.807) is 49.4 Å². The molecule has 1 N–H and O–H groups in total. The molecule has 0 aliphatic carbocycles. The van der Waals surface area contributed by atoms with Crippen molar-refractivity contribution in [2.24, 2.45) is 0 Å². The van der Waals surface area contributed by atoms with Gasteiger partial charge in [0.15, 0.2) is 0 Å². The summed E-state index contributed by atoms with van der Waals surface area (Å²) in [4.78, 5) is 29.6. The first kappa shape index (κ1) is 33.4. The molecule has 0 bridgehead atoms. The molecule has 7 nitrogen and oxygen atoms in total. The molecule has 0 saturated heterocycles. The second-order valence-corrected chi connectivity index (χ2v) is 13.5. The Labute approximate surface area is 265 Å². The number of halogens is 1. The SMILES string of the molecule is Cc1ccc(S(=O)(=O)N(CC(=O)N(Cc2ccccc2F)[C@@H](Cc2ccccc2)C(=O)NC(C)C)c2ccc(C)cc2C)cc1. The van der Waals surface area contributed by atoms with Crippen LogP contribution in [0, 0.1) is 26.6 Å². The summed E-state index contributed by atoms with van der Waals surface area (Å²) in [7, 11) is -4.23. The molecule has 0 radical (unpaired) electrons. The van der Waals surface area contributed by atoms with Gasteiger partial charge < -0.3 is 10.2 Å². The fourth-order valence-corrected chi connectivity index (χ4v) is 6.66. The van der Waals surface area contributed by atoms with Gasteiger partial charge in [-0.1, -0.05) is 83.9 Å². The molecule has 0 saturated carbocycles. The van der Waals surface area contributed by atoms with Gasteiger partial charge in [0.05, 0.1) is 10.6 Å². The lowest BCUT2D eigenvalue weighted by molar-refractivity contribution is -0.140. The molecule has 236 valence electrons. The maximum absolute atomic E-state index is 15.0. The van der Waals surface area contributed by atoms with Gasteiger partial charge in [0.25, 0.3) is 10.0 Å². The molecule has 45 heavy (non-hydrogen) atoms. The summed E-state index contributed by atoms with van der Waals surface area (Å²) in [6.45, 7) is 8.34. The Morgan fingerprint density at radius 3 is 2.07 bits per heavy atom. The zero-order valence-corrected chi connectivity index (χ0v) is 27.1. The number of rotatable bonds is 12. The Bertz CT molecular complexity index is 1740. The van der Waals surface area contributed by atoms with Crippen molar-refractivity contribution < 1.29 is 22.4 Å². The number of amides is 2. The molecule has 0 aliphatic rings. The molecule has 4 aromatic rings. The van der Waals surface area contributed by atoms with Crippen molar-refractivity contribution in [3.63, 3.8) is 0 Å². The van der Waals surface area contributed by atoms with Crippen LogP contribution < -0.4 is 9.62 Å². The summed E-state index contributed by atoms with van der Waals surface area (Å²) in [6, 6.07) is 25.8. The van der Waals surface area contributed by atoms with Crippen LogP contribution in [0.5, 0.6) is 0 Å². The van der Waals surface area contributed by atoms with E-state index in [4.69, 9.17) is 0 Å². The normalized spacial score (nSPS) is 12.1. The number of sulfonamides is 1. The lowest BCUT2D eigenvalue weighted by Gasteiger charge is -2.34. The topological polar surface area (TPSA) is 86.8 Å². The van der Waals surface area contributed by atoms with Gasteiger partial charge in [-0.3, -0.25) is 13.9 Å². The van der Waals surface area contributed by atoms with E-state index in [0.717, 1.165) is 21.0 Å². The van der Waals surface area contributed by atoms with Crippen molar-refractivity contribution in [2.75, 3.05) is 10.8 Å². The van der Waals surface area contributed by atoms with Crippen LogP contribution >= 0.6 is 0 Å². The second kappa shape index (κ2) is 14.5. The van der Waals surface area contributed by atoms with E-state index < -0.39 is 40.2 Å². The lowest BCUT2D eigenvalue weighted by atomic mass is 10.0. The highest BCUT2D eigenvalue weighted by molar-refractivity contribution is 7.92. The molecule has 0 aliphatic heterocycles. The van der Waals surface area contributed by atoms with Crippen molar-refractivity contribution in [3.8, 4) is 0 Å². The smallest absolute Gasteiger partial charge is 0.264 e. The van der Waals surface area contributed by atoms with E-state index in [1.165, 1.54) is 23.1 Å². The van der Waals surface area contributed by atoms with E-state index in [0.29, 0.717) is 11.3 Å². The molecule has 2 amide bonds. The Morgan fingerprint density at radius 1 is 0.822 bits per heavy atom. The Morgan fingerprint density at radius 2 is 1.44 bits per heavy atom. The molecule has 4 rings (SSSR count). The summed E-state index contributed by atoms with van der Waals surface area (Å²) in [5, 5.41) is 2.90. The third-order valence-electron chi connectivity index (χ3n) is 7.51. The van der Waals surface area contributed by atoms with Gasteiger partial charge in [-0.25, -0.2) is 12.8 Å². The third kappa shape index (κ3) is 8.36. The van der Waals surface area contributed by atoms with E-state index in [-0.39, 0.29) is 29.5 Å². The quantitative estimate of drug-likeness (QED) is 0.205. The fourth-order valence-electron chi connectivity index (χ4n) is 5.18. The molecule has 9 heteroatoms. The van der Waals surface area contributed by atoms with Crippen molar-refractivity contribution in [3.05, 3.63) is 131 Å². The number of anilines is 1. The minimum Gasteiger partial charge on any atom is -0.352 e. The summed E-state index contributed by atoms with van der Waals surface area (Å²) in [5.41, 5.74) is 3.83. The summed E-state index contributed by atoms with van der Waals surface area (Å²) >= 11 is 0. The van der Waals surface area contributed by atoms with Crippen molar-refractivity contribution >= 4 is 27.5 Å². The zero-order valence-electron chi connectivity index (χ0n) is 26.3. The molecule has 0 spiro atoms. The molecular formula is C36H40FN3O4S. The minimum atomic E-state index is -4.23. The molecule has 0 heterocycles. The first-order valence-corrected chi connectivity index (χ1v) is 16.3. The predicted molar refractivity (Wildman–Crippen MR) is 176 cm³/mol. The number of hydrogen-bond acceptors (Lipinski definition) is 4.